The molecule has 2 aliphatic heterocycles. The van der Waals surface area contributed by atoms with Crippen molar-refractivity contribution >= 4 is 34.5 Å². The standard InChI is InChI=1S/C20H24N4O2S/c1-23(2)17(18-6-4-10-27-18)12-21-19(25)13-7-8-15-14(11-13)22-20(26)16-5-3-9-24(15)16/h4,6-8,10-11,16-17H,3,5,9,12H2,1-2H3,(H,21,25)(H,22,26)/t16-,17+/m0/s1. The second-order valence-corrected chi connectivity index (χ2v) is 8.26. The van der Waals surface area contributed by atoms with Crippen molar-refractivity contribution in [2.45, 2.75) is 24.9 Å². The molecule has 1 aromatic heterocycles. The number of hydrogen-bond acceptors (Lipinski definition) is 5. The molecule has 1 aromatic carbocycles. The van der Waals surface area contributed by atoms with Crippen molar-refractivity contribution in [1.82, 2.24) is 10.2 Å². The highest BCUT2D eigenvalue weighted by Gasteiger charge is 2.36. The maximum atomic E-state index is 12.7. The van der Waals surface area contributed by atoms with Crippen LogP contribution in [0, 0.1) is 0 Å². The van der Waals surface area contributed by atoms with Gasteiger partial charge >= 0.3 is 0 Å². The van der Waals surface area contributed by atoms with Crippen LogP contribution in [-0.2, 0) is 4.79 Å². The van der Waals surface area contributed by atoms with Gasteiger partial charge in [0.2, 0.25) is 5.91 Å². The van der Waals surface area contributed by atoms with E-state index in [1.54, 1.807) is 17.4 Å². The number of carbonyl (C=O) groups excluding carboxylic acids is 2. The Balaban J connectivity index is 1.48. The molecule has 0 bridgehead atoms. The van der Waals surface area contributed by atoms with Gasteiger partial charge in [0.05, 0.1) is 17.4 Å². The molecule has 4 rings (SSSR count). The molecule has 0 saturated carbocycles. The van der Waals surface area contributed by atoms with Crippen LogP contribution in [0.2, 0.25) is 0 Å². The first-order valence-electron chi connectivity index (χ1n) is 9.24. The fourth-order valence-corrected chi connectivity index (χ4v) is 4.80. The maximum absolute atomic E-state index is 12.7. The zero-order chi connectivity index (χ0) is 19.0. The van der Waals surface area contributed by atoms with E-state index in [1.165, 1.54) is 4.88 Å². The third kappa shape index (κ3) is 3.44. The van der Waals surface area contributed by atoms with Crippen LogP contribution in [-0.4, -0.2) is 49.9 Å². The summed E-state index contributed by atoms with van der Waals surface area (Å²) in [6.07, 6.45) is 1.91. The molecule has 1 fully saturated rings. The molecule has 0 spiro atoms. The molecule has 0 radical (unpaired) electrons. The second-order valence-electron chi connectivity index (χ2n) is 7.28. The Morgan fingerprint density at radius 3 is 3.00 bits per heavy atom. The molecule has 2 N–H and O–H groups in total. The number of rotatable bonds is 5. The van der Waals surface area contributed by atoms with Crippen LogP contribution in [0.4, 0.5) is 11.4 Å². The van der Waals surface area contributed by atoms with Crippen LogP contribution in [0.5, 0.6) is 0 Å². The molecule has 0 unspecified atom stereocenters. The predicted octanol–water partition coefficient (Wildman–Crippen LogP) is 2.70. The highest BCUT2D eigenvalue weighted by atomic mass is 32.1. The van der Waals surface area contributed by atoms with Crippen LogP contribution in [0.15, 0.2) is 35.7 Å². The Hall–Kier alpha value is -2.38. The summed E-state index contributed by atoms with van der Waals surface area (Å²) in [6.45, 7) is 1.42. The molecular weight excluding hydrogens is 360 g/mol. The minimum atomic E-state index is -0.126. The minimum Gasteiger partial charge on any atom is -0.358 e. The van der Waals surface area contributed by atoms with Gasteiger partial charge < -0.3 is 20.4 Å². The molecule has 2 amide bonds. The monoisotopic (exact) mass is 384 g/mol. The number of nitrogens with one attached hydrogen (secondary N) is 2. The molecule has 2 atom stereocenters. The largest absolute Gasteiger partial charge is 0.358 e. The van der Waals surface area contributed by atoms with Gasteiger partial charge in [0.1, 0.15) is 6.04 Å². The lowest BCUT2D eigenvalue weighted by Gasteiger charge is -2.33. The Labute approximate surface area is 163 Å². The molecule has 3 heterocycles. The molecule has 7 heteroatoms. The molecule has 1 saturated heterocycles. The lowest BCUT2D eigenvalue weighted by Crippen LogP contribution is -2.44. The number of thiophene rings is 1. The van der Waals surface area contributed by atoms with Gasteiger partial charge in [-0.15, -0.1) is 11.3 Å². The zero-order valence-electron chi connectivity index (χ0n) is 15.6. The summed E-state index contributed by atoms with van der Waals surface area (Å²) in [7, 11) is 4.02. The van der Waals surface area contributed by atoms with E-state index in [-0.39, 0.29) is 23.9 Å². The van der Waals surface area contributed by atoms with Gasteiger partial charge in [0.15, 0.2) is 0 Å². The summed E-state index contributed by atoms with van der Waals surface area (Å²) in [4.78, 5) is 30.4. The minimum absolute atomic E-state index is 0.0305. The summed E-state index contributed by atoms with van der Waals surface area (Å²) >= 11 is 1.69. The molecular formula is C20H24N4O2S. The van der Waals surface area contributed by atoms with Crippen molar-refractivity contribution in [2.24, 2.45) is 0 Å². The molecule has 142 valence electrons. The lowest BCUT2D eigenvalue weighted by atomic mass is 10.1. The fraction of sp³-hybridized carbons (Fsp3) is 0.400. The van der Waals surface area contributed by atoms with Crippen LogP contribution in [0.25, 0.3) is 0 Å². The van der Waals surface area contributed by atoms with Gasteiger partial charge in [-0.2, -0.15) is 0 Å². The topological polar surface area (TPSA) is 64.7 Å². The number of nitrogens with zero attached hydrogens (tertiary/aromatic N) is 2. The smallest absolute Gasteiger partial charge is 0.251 e. The number of benzene rings is 1. The van der Waals surface area contributed by atoms with Crippen LogP contribution in [0.1, 0.15) is 34.1 Å². The van der Waals surface area contributed by atoms with Crippen molar-refractivity contribution in [3.63, 3.8) is 0 Å². The Morgan fingerprint density at radius 1 is 1.41 bits per heavy atom. The molecule has 0 aliphatic carbocycles. The number of fused-ring (bicyclic) bond motifs is 3. The Morgan fingerprint density at radius 2 is 2.26 bits per heavy atom. The summed E-state index contributed by atoms with van der Waals surface area (Å²) in [6, 6.07) is 9.76. The van der Waals surface area contributed by atoms with Crippen molar-refractivity contribution < 1.29 is 9.59 Å². The summed E-state index contributed by atoms with van der Waals surface area (Å²) < 4.78 is 0. The number of amides is 2. The lowest BCUT2D eigenvalue weighted by molar-refractivity contribution is -0.117. The van der Waals surface area contributed by atoms with E-state index in [4.69, 9.17) is 0 Å². The molecule has 6 nitrogen and oxygen atoms in total. The fourth-order valence-electron chi connectivity index (χ4n) is 3.88. The van der Waals surface area contributed by atoms with E-state index in [0.29, 0.717) is 12.1 Å². The van der Waals surface area contributed by atoms with Gasteiger partial charge in [-0.05, 0) is 56.6 Å². The number of likely N-dealkylation sites (N-methyl/N-ethyl adjacent to an activating group) is 1. The third-order valence-corrected chi connectivity index (χ3v) is 6.31. The summed E-state index contributed by atoms with van der Waals surface area (Å²) in [5.41, 5.74) is 2.31. The van der Waals surface area contributed by atoms with E-state index >= 15 is 0 Å². The van der Waals surface area contributed by atoms with Crippen LogP contribution < -0.4 is 15.5 Å². The second kappa shape index (κ2) is 7.32. The summed E-state index contributed by atoms with van der Waals surface area (Å²) in [5, 5.41) is 8.04. The van der Waals surface area contributed by atoms with E-state index < -0.39 is 0 Å². The number of hydrogen-bond donors (Lipinski definition) is 2. The SMILES string of the molecule is CN(C)[C@H](CNC(=O)c1ccc2c(c1)NC(=O)[C@@H]1CCCN21)c1cccs1. The van der Waals surface area contributed by atoms with Crippen molar-refractivity contribution in [1.29, 1.82) is 0 Å². The average molecular weight is 385 g/mol. The van der Waals surface area contributed by atoms with Crippen molar-refractivity contribution in [3.05, 3.63) is 46.2 Å². The number of anilines is 2. The Bertz CT molecular complexity index is 850. The zero-order valence-corrected chi connectivity index (χ0v) is 16.4. The average Bonchev–Trinajstić information content (AvgIpc) is 3.33. The van der Waals surface area contributed by atoms with Crippen LogP contribution in [0.3, 0.4) is 0 Å². The van der Waals surface area contributed by atoms with Crippen LogP contribution >= 0.6 is 11.3 Å². The highest BCUT2D eigenvalue weighted by Crippen LogP contribution is 2.37. The van der Waals surface area contributed by atoms with E-state index in [2.05, 4.69) is 26.5 Å². The van der Waals surface area contributed by atoms with E-state index in [0.717, 1.165) is 30.8 Å². The van der Waals surface area contributed by atoms with E-state index in [1.807, 2.05) is 37.7 Å². The van der Waals surface area contributed by atoms with Gasteiger partial charge in [0.25, 0.3) is 5.91 Å². The maximum Gasteiger partial charge on any atom is 0.251 e. The summed E-state index contributed by atoms with van der Waals surface area (Å²) in [5.74, 6) is -0.0954. The molecule has 2 aliphatic rings. The third-order valence-electron chi connectivity index (χ3n) is 5.33. The first-order chi connectivity index (χ1) is 13.0. The Kier molecular flexibility index (Phi) is 4.88. The van der Waals surface area contributed by atoms with Crippen molar-refractivity contribution in [3.8, 4) is 0 Å². The number of carbonyl (C=O) groups is 2. The van der Waals surface area contributed by atoms with Gasteiger partial charge in [0, 0.05) is 23.5 Å². The van der Waals surface area contributed by atoms with Gasteiger partial charge in [-0.25, -0.2) is 0 Å². The highest BCUT2D eigenvalue weighted by molar-refractivity contribution is 7.10. The quantitative estimate of drug-likeness (QED) is 0.832. The van der Waals surface area contributed by atoms with E-state index in [9.17, 15) is 9.59 Å². The molecule has 27 heavy (non-hydrogen) atoms. The van der Waals surface area contributed by atoms with Gasteiger partial charge in [-0.1, -0.05) is 6.07 Å². The first-order valence-corrected chi connectivity index (χ1v) is 10.1. The first kappa shape index (κ1) is 18.0. The van der Waals surface area contributed by atoms with Gasteiger partial charge in [-0.3, -0.25) is 9.59 Å². The predicted molar refractivity (Wildman–Crippen MR) is 109 cm³/mol. The van der Waals surface area contributed by atoms with Crippen molar-refractivity contribution in [2.75, 3.05) is 37.4 Å². The molecule has 2 aromatic rings. The normalized spacial score (nSPS) is 19.4.